The standard InChI is InChI=1S/C12H17N3OS2/c1-8-7-17-11(14-8)4-12-15-9(6-16-3)10(18-12)5-13-2/h7,13H,4-6H2,1-3H3. The molecular weight excluding hydrogens is 266 g/mol. The molecule has 4 nitrogen and oxygen atoms in total. The number of aromatic nitrogens is 2. The number of hydrogen-bond acceptors (Lipinski definition) is 6. The van der Waals surface area contributed by atoms with Crippen LogP contribution in [0.5, 0.6) is 0 Å². The minimum atomic E-state index is 0.574. The molecule has 6 heteroatoms. The first-order valence-electron chi connectivity index (χ1n) is 5.75. The maximum absolute atomic E-state index is 5.19. The van der Waals surface area contributed by atoms with Crippen molar-refractivity contribution in [2.75, 3.05) is 14.2 Å². The quantitative estimate of drug-likeness (QED) is 0.884. The second-order valence-corrected chi connectivity index (χ2v) is 6.11. The van der Waals surface area contributed by atoms with Gasteiger partial charge in [0.15, 0.2) is 0 Å². The largest absolute Gasteiger partial charge is 0.378 e. The molecule has 18 heavy (non-hydrogen) atoms. The molecule has 0 aliphatic rings. The highest BCUT2D eigenvalue weighted by molar-refractivity contribution is 7.12. The van der Waals surface area contributed by atoms with Gasteiger partial charge in [-0.1, -0.05) is 0 Å². The van der Waals surface area contributed by atoms with Gasteiger partial charge in [0.2, 0.25) is 0 Å². The average Bonchev–Trinajstić information content (AvgIpc) is 2.88. The van der Waals surface area contributed by atoms with Gasteiger partial charge in [0, 0.05) is 29.6 Å². The van der Waals surface area contributed by atoms with E-state index in [-0.39, 0.29) is 0 Å². The summed E-state index contributed by atoms with van der Waals surface area (Å²) >= 11 is 3.44. The van der Waals surface area contributed by atoms with E-state index in [0.29, 0.717) is 6.61 Å². The molecule has 2 aromatic rings. The molecule has 0 unspecified atom stereocenters. The predicted molar refractivity (Wildman–Crippen MR) is 75.2 cm³/mol. The first-order valence-corrected chi connectivity index (χ1v) is 7.44. The Hall–Kier alpha value is -0.820. The summed E-state index contributed by atoms with van der Waals surface area (Å²) in [5, 5.41) is 7.48. The molecule has 0 atom stereocenters. The Morgan fingerprint density at radius 1 is 1.33 bits per heavy atom. The number of methoxy groups -OCH3 is 1. The van der Waals surface area contributed by atoms with E-state index in [2.05, 4.69) is 20.7 Å². The lowest BCUT2D eigenvalue weighted by atomic mass is 10.3. The number of thiazole rings is 2. The molecule has 0 fully saturated rings. The van der Waals surface area contributed by atoms with Crippen molar-refractivity contribution in [2.24, 2.45) is 0 Å². The van der Waals surface area contributed by atoms with Crippen LogP contribution in [0.25, 0.3) is 0 Å². The summed E-state index contributed by atoms with van der Waals surface area (Å²) in [5.41, 5.74) is 2.12. The summed E-state index contributed by atoms with van der Waals surface area (Å²) in [6.45, 7) is 3.43. The zero-order chi connectivity index (χ0) is 13.0. The number of nitrogens with one attached hydrogen (secondary N) is 1. The zero-order valence-electron chi connectivity index (χ0n) is 10.8. The van der Waals surface area contributed by atoms with Gasteiger partial charge in [-0.3, -0.25) is 0 Å². The van der Waals surface area contributed by atoms with Gasteiger partial charge in [0.05, 0.1) is 23.7 Å². The minimum absolute atomic E-state index is 0.574. The van der Waals surface area contributed by atoms with Crippen molar-refractivity contribution in [1.82, 2.24) is 15.3 Å². The van der Waals surface area contributed by atoms with Crippen LogP contribution in [-0.2, 0) is 24.3 Å². The van der Waals surface area contributed by atoms with Crippen LogP contribution >= 0.6 is 22.7 Å². The van der Waals surface area contributed by atoms with Crippen LogP contribution < -0.4 is 5.32 Å². The van der Waals surface area contributed by atoms with Gasteiger partial charge >= 0.3 is 0 Å². The van der Waals surface area contributed by atoms with E-state index in [1.807, 2.05) is 14.0 Å². The Labute approximate surface area is 115 Å². The highest BCUT2D eigenvalue weighted by Gasteiger charge is 2.12. The molecule has 0 bridgehead atoms. The van der Waals surface area contributed by atoms with Gasteiger partial charge in [-0.05, 0) is 14.0 Å². The maximum Gasteiger partial charge on any atom is 0.100 e. The van der Waals surface area contributed by atoms with Crippen molar-refractivity contribution in [3.8, 4) is 0 Å². The van der Waals surface area contributed by atoms with Crippen LogP contribution in [0.4, 0.5) is 0 Å². The summed E-state index contributed by atoms with van der Waals surface area (Å²) in [5.74, 6) is 0. The normalized spacial score (nSPS) is 11.1. The average molecular weight is 283 g/mol. The number of aryl methyl sites for hydroxylation is 1. The molecule has 98 valence electrons. The fraction of sp³-hybridized carbons (Fsp3) is 0.500. The molecule has 2 aromatic heterocycles. The molecule has 0 aromatic carbocycles. The van der Waals surface area contributed by atoms with E-state index in [1.165, 1.54) is 4.88 Å². The van der Waals surface area contributed by atoms with E-state index < -0.39 is 0 Å². The molecular formula is C12H17N3OS2. The molecule has 0 amide bonds. The SMILES string of the molecule is CNCc1sc(Cc2nc(C)cs2)nc1COC. The first kappa shape index (κ1) is 13.6. The summed E-state index contributed by atoms with van der Waals surface area (Å²) in [4.78, 5) is 10.4. The Balaban J connectivity index is 2.15. The summed E-state index contributed by atoms with van der Waals surface area (Å²) < 4.78 is 5.19. The van der Waals surface area contributed by atoms with E-state index in [9.17, 15) is 0 Å². The Morgan fingerprint density at radius 3 is 2.78 bits per heavy atom. The third-order valence-electron chi connectivity index (χ3n) is 2.41. The number of hydrogen-bond donors (Lipinski definition) is 1. The van der Waals surface area contributed by atoms with Crippen LogP contribution in [0, 0.1) is 6.92 Å². The van der Waals surface area contributed by atoms with Crippen LogP contribution in [0.3, 0.4) is 0 Å². The van der Waals surface area contributed by atoms with Gasteiger partial charge in [0.25, 0.3) is 0 Å². The van der Waals surface area contributed by atoms with E-state index in [4.69, 9.17) is 4.74 Å². The fourth-order valence-electron chi connectivity index (χ4n) is 1.67. The topological polar surface area (TPSA) is 47.0 Å². The van der Waals surface area contributed by atoms with Gasteiger partial charge in [0.1, 0.15) is 5.01 Å². The smallest absolute Gasteiger partial charge is 0.100 e. The molecule has 0 radical (unpaired) electrons. The van der Waals surface area contributed by atoms with Crippen LogP contribution in [0.15, 0.2) is 5.38 Å². The van der Waals surface area contributed by atoms with E-state index in [0.717, 1.165) is 34.4 Å². The number of nitrogens with zero attached hydrogens (tertiary/aromatic N) is 2. The molecule has 0 aliphatic heterocycles. The summed E-state index contributed by atoms with van der Waals surface area (Å²) in [6.07, 6.45) is 0.823. The van der Waals surface area contributed by atoms with Gasteiger partial charge in [-0.15, -0.1) is 22.7 Å². The highest BCUT2D eigenvalue weighted by atomic mass is 32.1. The molecule has 0 saturated carbocycles. The predicted octanol–water partition coefficient (Wildman–Crippen LogP) is 2.36. The summed E-state index contributed by atoms with van der Waals surface area (Å²) in [7, 11) is 3.65. The van der Waals surface area contributed by atoms with E-state index >= 15 is 0 Å². The molecule has 2 heterocycles. The second-order valence-electron chi connectivity index (χ2n) is 4.00. The van der Waals surface area contributed by atoms with Crippen molar-refractivity contribution in [1.29, 1.82) is 0 Å². The molecule has 2 rings (SSSR count). The van der Waals surface area contributed by atoms with Crippen molar-refractivity contribution in [3.05, 3.63) is 31.7 Å². The Bertz CT molecular complexity index is 484. The monoisotopic (exact) mass is 283 g/mol. The molecule has 0 saturated heterocycles. The third-order valence-corrected chi connectivity index (χ3v) is 4.47. The van der Waals surface area contributed by atoms with Gasteiger partial charge in [-0.25, -0.2) is 9.97 Å². The lowest BCUT2D eigenvalue weighted by molar-refractivity contribution is 0.181. The van der Waals surface area contributed by atoms with Crippen LogP contribution in [-0.4, -0.2) is 24.1 Å². The van der Waals surface area contributed by atoms with Crippen LogP contribution in [0.2, 0.25) is 0 Å². The van der Waals surface area contributed by atoms with Crippen molar-refractivity contribution < 1.29 is 4.74 Å². The summed E-state index contributed by atoms with van der Waals surface area (Å²) in [6, 6.07) is 0. The molecule has 0 aliphatic carbocycles. The van der Waals surface area contributed by atoms with Crippen molar-refractivity contribution in [2.45, 2.75) is 26.5 Å². The Morgan fingerprint density at radius 2 is 2.17 bits per heavy atom. The van der Waals surface area contributed by atoms with E-state index in [1.54, 1.807) is 29.8 Å². The maximum atomic E-state index is 5.19. The molecule has 1 N–H and O–H groups in total. The first-order chi connectivity index (χ1) is 8.72. The second kappa shape index (κ2) is 6.38. The third kappa shape index (κ3) is 3.35. The number of ether oxygens (including phenoxy) is 1. The van der Waals surface area contributed by atoms with Gasteiger partial charge < -0.3 is 10.1 Å². The molecule has 0 spiro atoms. The van der Waals surface area contributed by atoms with Crippen molar-refractivity contribution >= 4 is 22.7 Å². The lowest BCUT2D eigenvalue weighted by Gasteiger charge is -1.98. The highest BCUT2D eigenvalue weighted by Crippen LogP contribution is 2.23. The fourth-order valence-corrected chi connectivity index (χ4v) is 3.63. The van der Waals surface area contributed by atoms with Gasteiger partial charge in [-0.2, -0.15) is 0 Å². The van der Waals surface area contributed by atoms with Crippen LogP contribution in [0.1, 0.15) is 26.3 Å². The zero-order valence-corrected chi connectivity index (χ0v) is 12.5. The number of rotatable bonds is 6. The Kier molecular flexibility index (Phi) is 4.82. The van der Waals surface area contributed by atoms with Crippen molar-refractivity contribution in [3.63, 3.8) is 0 Å². The lowest BCUT2D eigenvalue weighted by Crippen LogP contribution is -2.06. The minimum Gasteiger partial charge on any atom is -0.378 e.